The minimum atomic E-state index is -0.532. The molecule has 0 fully saturated rings. The van der Waals surface area contributed by atoms with Gasteiger partial charge in [0.2, 0.25) is 0 Å². The van der Waals surface area contributed by atoms with Crippen molar-refractivity contribution in [2.75, 3.05) is 0 Å². The second kappa shape index (κ2) is 3.83. The highest BCUT2D eigenvalue weighted by Gasteiger charge is 2.16. The first kappa shape index (κ1) is 10.1. The van der Waals surface area contributed by atoms with Crippen molar-refractivity contribution in [2.24, 2.45) is 0 Å². The first-order valence-corrected chi connectivity index (χ1v) is 4.21. The molecule has 1 atom stereocenters. The highest BCUT2D eigenvalue weighted by Crippen LogP contribution is 2.19. The molecule has 70 valence electrons. The molecule has 0 saturated carbocycles. The van der Waals surface area contributed by atoms with Crippen LogP contribution in [-0.2, 0) is 4.79 Å². The number of hydrogen-bond acceptors (Lipinski definition) is 2. The van der Waals surface area contributed by atoms with Crippen LogP contribution in [0.2, 0.25) is 5.02 Å². The maximum Gasteiger partial charge on any atom is 0.146 e. The van der Waals surface area contributed by atoms with Gasteiger partial charge in [-0.05, 0) is 19.9 Å². The molecule has 0 aliphatic carbocycles. The number of carbonyl (C=O) groups excluding carboxylic acids is 1. The molecule has 0 aliphatic heterocycles. The molecule has 0 saturated heterocycles. The molecule has 13 heavy (non-hydrogen) atoms. The number of aromatic nitrogens is 1. The van der Waals surface area contributed by atoms with Crippen LogP contribution in [0.5, 0.6) is 0 Å². The van der Waals surface area contributed by atoms with E-state index < -0.39 is 11.7 Å². The highest BCUT2D eigenvalue weighted by molar-refractivity contribution is 6.30. The third-order valence-corrected chi connectivity index (χ3v) is 2.06. The minimum absolute atomic E-state index is 0.117. The molecular formula is C9H9ClFNO. The van der Waals surface area contributed by atoms with Crippen LogP contribution >= 0.6 is 11.6 Å². The quantitative estimate of drug-likeness (QED) is 0.736. The lowest BCUT2D eigenvalue weighted by molar-refractivity contribution is -0.118. The van der Waals surface area contributed by atoms with Crippen molar-refractivity contribution in [3.05, 3.63) is 28.8 Å². The van der Waals surface area contributed by atoms with Crippen molar-refractivity contribution >= 4 is 17.4 Å². The standard InChI is InChI=1S/C9H9ClFNO/c1-5(6(2)13)9-8(11)3-7(10)4-12-9/h3-5H,1-2H3. The van der Waals surface area contributed by atoms with Gasteiger partial charge < -0.3 is 0 Å². The number of nitrogens with zero attached hydrogens (tertiary/aromatic N) is 1. The van der Waals surface area contributed by atoms with Crippen LogP contribution in [-0.4, -0.2) is 10.8 Å². The lowest BCUT2D eigenvalue weighted by Gasteiger charge is -2.07. The highest BCUT2D eigenvalue weighted by atomic mass is 35.5. The summed E-state index contributed by atoms with van der Waals surface area (Å²) >= 11 is 5.51. The summed E-state index contributed by atoms with van der Waals surface area (Å²) in [5.41, 5.74) is 0.150. The number of carbonyl (C=O) groups is 1. The molecule has 1 unspecified atom stereocenters. The fourth-order valence-electron chi connectivity index (χ4n) is 0.936. The molecule has 0 amide bonds. The number of hydrogen-bond donors (Lipinski definition) is 0. The molecule has 0 bridgehead atoms. The van der Waals surface area contributed by atoms with Crippen LogP contribution in [0.3, 0.4) is 0 Å². The van der Waals surface area contributed by atoms with E-state index in [1.54, 1.807) is 6.92 Å². The first-order valence-electron chi connectivity index (χ1n) is 3.83. The van der Waals surface area contributed by atoms with E-state index in [1.165, 1.54) is 13.1 Å². The summed E-state index contributed by atoms with van der Waals surface area (Å²) in [6, 6.07) is 1.16. The Morgan fingerprint density at radius 2 is 2.31 bits per heavy atom. The number of Topliss-reactive ketones (excluding diaryl/α,β-unsaturated/α-hetero) is 1. The summed E-state index contributed by atoms with van der Waals surface area (Å²) in [5, 5.41) is 0.233. The monoisotopic (exact) mass is 201 g/mol. The van der Waals surface area contributed by atoms with E-state index in [4.69, 9.17) is 11.6 Å². The molecule has 1 aromatic heterocycles. The predicted octanol–water partition coefficient (Wildman–Crippen LogP) is 2.57. The third-order valence-electron chi connectivity index (χ3n) is 1.86. The average Bonchev–Trinajstić information content (AvgIpc) is 2.03. The second-order valence-corrected chi connectivity index (χ2v) is 3.29. The Kier molecular flexibility index (Phi) is 2.98. The normalized spacial score (nSPS) is 12.6. The Morgan fingerprint density at radius 3 is 2.77 bits per heavy atom. The Balaban J connectivity index is 3.08. The molecule has 0 N–H and O–H groups in total. The van der Waals surface area contributed by atoms with Crippen LogP contribution in [0.1, 0.15) is 25.5 Å². The summed E-state index contributed by atoms with van der Waals surface area (Å²) in [4.78, 5) is 14.7. The second-order valence-electron chi connectivity index (χ2n) is 2.85. The van der Waals surface area contributed by atoms with Gasteiger partial charge in [0.15, 0.2) is 0 Å². The van der Waals surface area contributed by atoms with Gasteiger partial charge in [0.25, 0.3) is 0 Å². The zero-order valence-electron chi connectivity index (χ0n) is 7.34. The first-order chi connectivity index (χ1) is 6.02. The maximum atomic E-state index is 13.2. The SMILES string of the molecule is CC(=O)C(C)c1ncc(Cl)cc1F. The number of ketones is 1. The van der Waals surface area contributed by atoms with Gasteiger partial charge in [-0.1, -0.05) is 11.6 Å². The van der Waals surface area contributed by atoms with E-state index >= 15 is 0 Å². The van der Waals surface area contributed by atoms with Crippen molar-refractivity contribution in [3.8, 4) is 0 Å². The lowest BCUT2D eigenvalue weighted by atomic mass is 10.0. The largest absolute Gasteiger partial charge is 0.299 e. The molecule has 1 aromatic rings. The van der Waals surface area contributed by atoms with Crippen LogP contribution in [0.25, 0.3) is 0 Å². The smallest absolute Gasteiger partial charge is 0.146 e. The number of pyridine rings is 1. The van der Waals surface area contributed by atoms with Gasteiger partial charge in [-0.15, -0.1) is 0 Å². The van der Waals surface area contributed by atoms with Crippen molar-refractivity contribution in [1.82, 2.24) is 4.98 Å². The Labute approximate surface area is 80.7 Å². The van der Waals surface area contributed by atoms with E-state index in [1.807, 2.05) is 0 Å². The van der Waals surface area contributed by atoms with Crippen LogP contribution in [0, 0.1) is 5.82 Å². The zero-order chi connectivity index (χ0) is 10.0. The van der Waals surface area contributed by atoms with Crippen LogP contribution in [0.4, 0.5) is 4.39 Å². The van der Waals surface area contributed by atoms with Crippen molar-refractivity contribution in [2.45, 2.75) is 19.8 Å². The van der Waals surface area contributed by atoms with Gasteiger partial charge in [-0.25, -0.2) is 4.39 Å². The van der Waals surface area contributed by atoms with Crippen LogP contribution < -0.4 is 0 Å². The van der Waals surface area contributed by atoms with E-state index in [0.29, 0.717) is 0 Å². The molecule has 0 aliphatic rings. The molecule has 1 heterocycles. The topological polar surface area (TPSA) is 30.0 Å². The van der Waals surface area contributed by atoms with Gasteiger partial charge >= 0.3 is 0 Å². The fourth-order valence-corrected chi connectivity index (χ4v) is 1.08. The number of rotatable bonds is 2. The summed E-state index contributed by atoms with van der Waals surface area (Å²) < 4.78 is 13.2. The van der Waals surface area contributed by atoms with Gasteiger partial charge in [0.1, 0.15) is 11.6 Å². The van der Waals surface area contributed by atoms with Gasteiger partial charge in [-0.2, -0.15) is 0 Å². The lowest BCUT2D eigenvalue weighted by Crippen LogP contribution is -2.08. The van der Waals surface area contributed by atoms with Crippen LogP contribution in [0.15, 0.2) is 12.3 Å². The van der Waals surface area contributed by atoms with Gasteiger partial charge in [0.05, 0.1) is 16.6 Å². The summed E-state index contributed by atoms with van der Waals surface area (Å²) in [6.45, 7) is 3.02. The Morgan fingerprint density at radius 1 is 1.69 bits per heavy atom. The zero-order valence-corrected chi connectivity index (χ0v) is 8.10. The van der Waals surface area contributed by atoms with E-state index in [0.717, 1.165) is 6.07 Å². The Hall–Kier alpha value is -0.960. The fraction of sp³-hybridized carbons (Fsp3) is 0.333. The molecule has 4 heteroatoms. The van der Waals surface area contributed by atoms with Gasteiger partial charge in [0, 0.05) is 6.20 Å². The molecule has 0 radical (unpaired) electrons. The van der Waals surface area contributed by atoms with E-state index in [-0.39, 0.29) is 16.5 Å². The molecule has 0 aromatic carbocycles. The van der Waals surface area contributed by atoms with Crippen molar-refractivity contribution < 1.29 is 9.18 Å². The predicted molar refractivity (Wildman–Crippen MR) is 48.3 cm³/mol. The van der Waals surface area contributed by atoms with Gasteiger partial charge in [-0.3, -0.25) is 9.78 Å². The summed E-state index contributed by atoms with van der Waals surface area (Å²) in [5.74, 6) is -1.17. The number of halogens is 2. The summed E-state index contributed by atoms with van der Waals surface area (Å²) in [6.07, 6.45) is 1.33. The Bertz CT molecular complexity index is 340. The average molecular weight is 202 g/mol. The summed E-state index contributed by atoms with van der Waals surface area (Å²) in [7, 11) is 0. The van der Waals surface area contributed by atoms with Crippen molar-refractivity contribution in [3.63, 3.8) is 0 Å². The molecule has 1 rings (SSSR count). The van der Waals surface area contributed by atoms with E-state index in [9.17, 15) is 9.18 Å². The van der Waals surface area contributed by atoms with Crippen molar-refractivity contribution in [1.29, 1.82) is 0 Å². The molecular weight excluding hydrogens is 193 g/mol. The molecule has 2 nitrogen and oxygen atoms in total. The maximum absolute atomic E-state index is 13.2. The minimum Gasteiger partial charge on any atom is -0.299 e. The third kappa shape index (κ3) is 2.25. The molecule has 0 spiro atoms. The van der Waals surface area contributed by atoms with E-state index in [2.05, 4.69) is 4.98 Å².